The quantitative estimate of drug-likeness (QED) is 0.671. The number of hydrogen-bond donors (Lipinski definition) is 1. The van der Waals surface area contributed by atoms with Gasteiger partial charge in [-0.15, -0.1) is 0 Å². The first-order valence-corrected chi connectivity index (χ1v) is 5.46. The van der Waals surface area contributed by atoms with Crippen molar-refractivity contribution in [1.82, 2.24) is 9.97 Å². The molecule has 0 fully saturated rings. The maximum absolute atomic E-state index is 11.0. The molecule has 2 aromatic heterocycles. The number of carbonyl (C=O) groups is 1. The number of rotatable bonds is 4. The number of aromatic carboxylic acids is 1. The van der Waals surface area contributed by atoms with Gasteiger partial charge in [-0.05, 0) is 19.1 Å². The summed E-state index contributed by atoms with van der Waals surface area (Å²) in [5.74, 6) is -1.16. The Morgan fingerprint density at radius 3 is 2.80 bits per heavy atom. The second-order valence-electron chi connectivity index (χ2n) is 3.82. The Morgan fingerprint density at radius 1 is 1.45 bits per heavy atom. The van der Waals surface area contributed by atoms with Crippen LogP contribution in [0.25, 0.3) is 0 Å². The van der Waals surface area contributed by atoms with Gasteiger partial charge in [0.1, 0.15) is 6.20 Å². The Morgan fingerprint density at radius 2 is 2.20 bits per heavy atom. The highest BCUT2D eigenvalue weighted by atomic mass is 16.6. The number of aryl methyl sites for hydroxylation is 1. The number of nitro groups is 1. The van der Waals surface area contributed by atoms with Crippen molar-refractivity contribution in [3.05, 3.63) is 52.0 Å². The first-order chi connectivity index (χ1) is 9.49. The largest absolute Gasteiger partial charge is 0.476 e. The van der Waals surface area contributed by atoms with Gasteiger partial charge in [-0.2, -0.15) is 0 Å². The standard InChI is InChI=1S/C12H9N3O5/c1-7-5-10(14-6-8(7)15(18)19)20-9-3-2-4-13-11(9)12(16)17/h2-6H,1H3,(H,16,17). The molecule has 2 rings (SSSR count). The van der Waals surface area contributed by atoms with Crippen LogP contribution in [-0.2, 0) is 0 Å². The molecule has 0 spiro atoms. The summed E-state index contributed by atoms with van der Waals surface area (Å²) in [7, 11) is 0. The minimum Gasteiger partial charge on any atom is -0.476 e. The molecular weight excluding hydrogens is 266 g/mol. The molecule has 0 aromatic carbocycles. The van der Waals surface area contributed by atoms with Crippen LogP contribution < -0.4 is 4.74 Å². The second-order valence-corrected chi connectivity index (χ2v) is 3.82. The molecule has 2 heterocycles. The van der Waals surface area contributed by atoms with Crippen LogP contribution >= 0.6 is 0 Å². The highest BCUT2D eigenvalue weighted by Crippen LogP contribution is 2.26. The molecule has 0 unspecified atom stereocenters. The zero-order valence-corrected chi connectivity index (χ0v) is 10.3. The van der Waals surface area contributed by atoms with Crippen molar-refractivity contribution in [3.8, 4) is 11.6 Å². The van der Waals surface area contributed by atoms with E-state index < -0.39 is 10.9 Å². The summed E-state index contributed by atoms with van der Waals surface area (Å²) >= 11 is 0. The lowest BCUT2D eigenvalue weighted by atomic mass is 10.2. The Balaban J connectivity index is 2.34. The average molecular weight is 275 g/mol. The molecule has 20 heavy (non-hydrogen) atoms. The van der Waals surface area contributed by atoms with E-state index in [0.717, 1.165) is 6.20 Å². The zero-order chi connectivity index (χ0) is 14.7. The summed E-state index contributed by atoms with van der Waals surface area (Å²) in [5, 5.41) is 19.6. The predicted molar refractivity (Wildman–Crippen MR) is 66.9 cm³/mol. The fourth-order valence-electron chi connectivity index (χ4n) is 1.52. The second kappa shape index (κ2) is 5.31. The van der Waals surface area contributed by atoms with E-state index in [1.165, 1.54) is 31.3 Å². The topological polar surface area (TPSA) is 115 Å². The van der Waals surface area contributed by atoms with Crippen LogP contribution in [0.2, 0.25) is 0 Å². The van der Waals surface area contributed by atoms with Crippen molar-refractivity contribution < 1.29 is 19.6 Å². The Hall–Kier alpha value is -3.03. The highest BCUT2D eigenvalue weighted by Gasteiger charge is 2.16. The lowest BCUT2D eigenvalue weighted by molar-refractivity contribution is -0.385. The van der Waals surface area contributed by atoms with Gasteiger partial charge in [-0.25, -0.2) is 14.8 Å². The van der Waals surface area contributed by atoms with Gasteiger partial charge in [-0.1, -0.05) is 0 Å². The van der Waals surface area contributed by atoms with E-state index in [1.807, 2.05) is 0 Å². The van der Waals surface area contributed by atoms with Crippen molar-refractivity contribution in [2.45, 2.75) is 6.92 Å². The zero-order valence-electron chi connectivity index (χ0n) is 10.3. The van der Waals surface area contributed by atoms with E-state index in [-0.39, 0.29) is 23.0 Å². The molecule has 0 atom stereocenters. The summed E-state index contributed by atoms with van der Waals surface area (Å²) in [6.45, 7) is 1.54. The first-order valence-electron chi connectivity index (χ1n) is 5.46. The lowest BCUT2D eigenvalue weighted by Gasteiger charge is -2.07. The average Bonchev–Trinajstić information content (AvgIpc) is 2.38. The Bertz CT molecular complexity index is 687. The summed E-state index contributed by atoms with van der Waals surface area (Å²) in [6, 6.07) is 4.30. The number of ether oxygens (including phenoxy) is 1. The van der Waals surface area contributed by atoms with Crippen LogP contribution in [0.1, 0.15) is 16.1 Å². The van der Waals surface area contributed by atoms with Crippen LogP contribution in [0.15, 0.2) is 30.6 Å². The van der Waals surface area contributed by atoms with Gasteiger partial charge in [-0.3, -0.25) is 10.1 Å². The highest BCUT2D eigenvalue weighted by molar-refractivity contribution is 5.88. The summed E-state index contributed by atoms with van der Waals surface area (Å²) in [5.41, 5.74) is -0.0342. The molecule has 0 aliphatic rings. The summed E-state index contributed by atoms with van der Waals surface area (Å²) in [6.07, 6.45) is 2.38. The molecule has 8 nitrogen and oxygen atoms in total. The van der Waals surface area contributed by atoms with Crippen molar-refractivity contribution in [2.24, 2.45) is 0 Å². The number of carboxylic acid groups (broad SMARTS) is 1. The van der Waals surface area contributed by atoms with Gasteiger partial charge in [0.15, 0.2) is 11.4 Å². The van der Waals surface area contributed by atoms with Crippen LogP contribution in [0, 0.1) is 17.0 Å². The third-order valence-electron chi connectivity index (χ3n) is 2.44. The molecule has 0 saturated heterocycles. The summed E-state index contributed by atoms with van der Waals surface area (Å²) < 4.78 is 5.31. The van der Waals surface area contributed by atoms with Gasteiger partial charge in [0, 0.05) is 17.8 Å². The Kier molecular flexibility index (Phi) is 3.56. The monoisotopic (exact) mass is 275 g/mol. The van der Waals surface area contributed by atoms with Gasteiger partial charge >= 0.3 is 5.97 Å². The minimum atomic E-state index is -1.24. The van der Waals surface area contributed by atoms with Crippen molar-refractivity contribution in [2.75, 3.05) is 0 Å². The number of carboxylic acids is 1. The van der Waals surface area contributed by atoms with Crippen molar-refractivity contribution in [1.29, 1.82) is 0 Å². The third-order valence-corrected chi connectivity index (χ3v) is 2.44. The summed E-state index contributed by atoms with van der Waals surface area (Å²) in [4.78, 5) is 28.5. The van der Waals surface area contributed by atoms with E-state index in [1.54, 1.807) is 0 Å². The molecule has 1 N–H and O–H groups in total. The third kappa shape index (κ3) is 2.69. The van der Waals surface area contributed by atoms with E-state index in [4.69, 9.17) is 9.84 Å². The fourth-order valence-corrected chi connectivity index (χ4v) is 1.52. The van der Waals surface area contributed by atoms with Gasteiger partial charge in [0.2, 0.25) is 5.88 Å². The predicted octanol–water partition coefficient (Wildman–Crippen LogP) is 2.18. The molecular formula is C12H9N3O5. The Labute approximate surface area is 112 Å². The number of nitrogens with zero attached hydrogens (tertiary/aromatic N) is 3. The van der Waals surface area contributed by atoms with Gasteiger partial charge in [0.05, 0.1) is 4.92 Å². The van der Waals surface area contributed by atoms with Gasteiger partial charge < -0.3 is 9.84 Å². The molecule has 2 aromatic rings. The van der Waals surface area contributed by atoms with E-state index in [0.29, 0.717) is 5.56 Å². The molecule has 0 amide bonds. The SMILES string of the molecule is Cc1cc(Oc2cccnc2C(=O)O)ncc1[N+](=O)[O-]. The van der Waals surface area contributed by atoms with E-state index >= 15 is 0 Å². The van der Waals surface area contributed by atoms with Crippen LogP contribution in [-0.4, -0.2) is 26.0 Å². The molecule has 0 aliphatic heterocycles. The molecule has 0 saturated carbocycles. The number of hydrogen-bond acceptors (Lipinski definition) is 6. The normalized spacial score (nSPS) is 10.1. The number of aromatic nitrogens is 2. The van der Waals surface area contributed by atoms with Crippen LogP contribution in [0.5, 0.6) is 11.6 Å². The van der Waals surface area contributed by atoms with Gasteiger partial charge in [0.25, 0.3) is 5.69 Å². The molecule has 0 radical (unpaired) electrons. The molecule has 102 valence electrons. The number of pyridine rings is 2. The molecule has 0 bridgehead atoms. The van der Waals surface area contributed by atoms with Crippen molar-refractivity contribution in [3.63, 3.8) is 0 Å². The molecule has 0 aliphatic carbocycles. The first kappa shape index (κ1) is 13.4. The molecule has 8 heteroatoms. The maximum atomic E-state index is 11.0. The van der Waals surface area contributed by atoms with E-state index in [2.05, 4.69) is 9.97 Å². The van der Waals surface area contributed by atoms with Crippen molar-refractivity contribution >= 4 is 11.7 Å². The minimum absolute atomic E-state index is 0.0146. The van der Waals surface area contributed by atoms with Crippen LogP contribution in [0.4, 0.5) is 5.69 Å². The fraction of sp³-hybridized carbons (Fsp3) is 0.0833. The maximum Gasteiger partial charge on any atom is 0.358 e. The van der Waals surface area contributed by atoms with E-state index in [9.17, 15) is 14.9 Å². The van der Waals surface area contributed by atoms with Crippen LogP contribution in [0.3, 0.4) is 0 Å². The smallest absolute Gasteiger partial charge is 0.358 e. The lowest BCUT2D eigenvalue weighted by Crippen LogP contribution is -2.03.